The van der Waals surface area contributed by atoms with Gasteiger partial charge >= 0.3 is 5.97 Å². The number of hydrogen-bond acceptors (Lipinski definition) is 4. The van der Waals surface area contributed by atoms with Crippen molar-refractivity contribution in [2.24, 2.45) is 0 Å². The lowest BCUT2D eigenvalue weighted by Crippen LogP contribution is -2.33. The molecular weight excluding hydrogens is 284 g/mol. The molecule has 1 heterocycles. The SMILES string of the molecule is COc1cc2nn([C@H]3CCC[C@@](C)(O)C3)cc2cc1C(=O)O. The monoisotopic (exact) mass is 304 g/mol. The Kier molecular flexibility index (Phi) is 3.56. The van der Waals surface area contributed by atoms with Crippen LogP contribution in [0.25, 0.3) is 10.9 Å². The summed E-state index contributed by atoms with van der Waals surface area (Å²) in [5.74, 6) is -0.715. The zero-order valence-corrected chi connectivity index (χ0v) is 12.7. The van der Waals surface area contributed by atoms with Gasteiger partial charge in [-0.15, -0.1) is 0 Å². The van der Waals surface area contributed by atoms with Crippen LogP contribution in [-0.4, -0.2) is 38.7 Å². The van der Waals surface area contributed by atoms with Crippen LogP contribution in [0.3, 0.4) is 0 Å². The first kappa shape index (κ1) is 14.8. The van der Waals surface area contributed by atoms with E-state index in [-0.39, 0.29) is 11.6 Å². The van der Waals surface area contributed by atoms with Gasteiger partial charge in [-0.3, -0.25) is 4.68 Å². The molecule has 118 valence electrons. The molecule has 2 aromatic rings. The van der Waals surface area contributed by atoms with E-state index in [0.29, 0.717) is 17.7 Å². The highest BCUT2D eigenvalue weighted by Gasteiger charge is 2.31. The van der Waals surface area contributed by atoms with Crippen molar-refractivity contribution in [3.8, 4) is 5.75 Å². The van der Waals surface area contributed by atoms with E-state index in [1.54, 1.807) is 12.1 Å². The Morgan fingerprint density at radius 1 is 1.50 bits per heavy atom. The van der Waals surface area contributed by atoms with Crippen LogP contribution in [0.15, 0.2) is 18.3 Å². The largest absolute Gasteiger partial charge is 0.496 e. The van der Waals surface area contributed by atoms with Gasteiger partial charge < -0.3 is 14.9 Å². The Bertz CT molecular complexity index is 720. The third-order valence-corrected chi connectivity index (χ3v) is 4.38. The fraction of sp³-hybridized carbons (Fsp3) is 0.500. The number of ether oxygens (including phenoxy) is 1. The maximum absolute atomic E-state index is 11.3. The summed E-state index contributed by atoms with van der Waals surface area (Å²) in [5, 5.41) is 24.8. The summed E-state index contributed by atoms with van der Waals surface area (Å²) in [5.41, 5.74) is 0.169. The minimum absolute atomic E-state index is 0.130. The van der Waals surface area contributed by atoms with Gasteiger partial charge in [0.1, 0.15) is 11.3 Å². The molecule has 0 aliphatic heterocycles. The lowest BCUT2D eigenvalue weighted by Gasteiger charge is -2.33. The van der Waals surface area contributed by atoms with Gasteiger partial charge in [-0.2, -0.15) is 5.10 Å². The second-order valence-electron chi connectivity index (χ2n) is 6.27. The Balaban J connectivity index is 2.01. The predicted molar refractivity (Wildman–Crippen MR) is 81.4 cm³/mol. The number of aromatic carboxylic acids is 1. The van der Waals surface area contributed by atoms with E-state index >= 15 is 0 Å². The second-order valence-corrected chi connectivity index (χ2v) is 6.27. The van der Waals surface area contributed by atoms with E-state index in [4.69, 9.17) is 4.74 Å². The molecule has 22 heavy (non-hydrogen) atoms. The zero-order chi connectivity index (χ0) is 15.9. The van der Waals surface area contributed by atoms with Crippen molar-refractivity contribution in [2.45, 2.75) is 44.2 Å². The standard InChI is InChI=1S/C16H20N2O4/c1-16(21)5-3-4-11(8-16)18-9-10-6-12(15(19)20)14(22-2)7-13(10)17-18/h6-7,9,11,21H,3-5,8H2,1-2H3,(H,19,20)/t11-,16+/m0/s1. The van der Waals surface area contributed by atoms with E-state index < -0.39 is 11.6 Å². The van der Waals surface area contributed by atoms with Crippen molar-refractivity contribution in [3.05, 3.63) is 23.9 Å². The van der Waals surface area contributed by atoms with Crippen molar-refractivity contribution in [3.63, 3.8) is 0 Å². The summed E-state index contributed by atoms with van der Waals surface area (Å²) in [7, 11) is 1.45. The molecule has 6 nitrogen and oxygen atoms in total. The summed E-state index contributed by atoms with van der Waals surface area (Å²) in [4.78, 5) is 11.3. The normalized spacial score (nSPS) is 25.3. The van der Waals surface area contributed by atoms with Crippen molar-refractivity contribution < 1.29 is 19.7 Å². The molecule has 1 aromatic heterocycles. The van der Waals surface area contributed by atoms with Gasteiger partial charge in [0.05, 0.1) is 24.3 Å². The molecule has 1 aliphatic rings. The van der Waals surface area contributed by atoms with E-state index in [2.05, 4.69) is 5.10 Å². The summed E-state index contributed by atoms with van der Waals surface area (Å²) in [6.07, 6.45) is 5.24. The first-order valence-electron chi connectivity index (χ1n) is 7.42. The lowest BCUT2D eigenvalue weighted by atomic mass is 9.83. The fourth-order valence-corrected chi connectivity index (χ4v) is 3.25. The van der Waals surface area contributed by atoms with E-state index in [1.165, 1.54) is 7.11 Å². The summed E-state index contributed by atoms with van der Waals surface area (Å²) < 4.78 is 6.98. The number of aromatic nitrogens is 2. The smallest absolute Gasteiger partial charge is 0.339 e. The lowest BCUT2D eigenvalue weighted by molar-refractivity contribution is 0.00191. The molecule has 6 heteroatoms. The maximum Gasteiger partial charge on any atom is 0.339 e. The molecule has 0 bridgehead atoms. The van der Waals surface area contributed by atoms with Gasteiger partial charge in [0, 0.05) is 17.6 Å². The number of carbonyl (C=O) groups is 1. The van der Waals surface area contributed by atoms with Crippen LogP contribution in [0.2, 0.25) is 0 Å². The molecule has 2 atom stereocenters. The number of hydrogen-bond donors (Lipinski definition) is 2. The number of methoxy groups -OCH3 is 1. The van der Waals surface area contributed by atoms with Crippen molar-refractivity contribution in [1.82, 2.24) is 9.78 Å². The Labute approximate surface area is 128 Å². The van der Waals surface area contributed by atoms with Crippen LogP contribution in [0.4, 0.5) is 0 Å². The highest BCUT2D eigenvalue weighted by Crippen LogP contribution is 2.36. The minimum atomic E-state index is -1.02. The zero-order valence-electron chi connectivity index (χ0n) is 12.7. The molecule has 1 aromatic carbocycles. The predicted octanol–water partition coefficient (Wildman–Crippen LogP) is 2.61. The van der Waals surface area contributed by atoms with Gasteiger partial charge in [-0.25, -0.2) is 4.79 Å². The van der Waals surface area contributed by atoms with Crippen LogP contribution in [0.5, 0.6) is 5.75 Å². The fourth-order valence-electron chi connectivity index (χ4n) is 3.25. The molecular formula is C16H20N2O4. The van der Waals surface area contributed by atoms with E-state index in [9.17, 15) is 15.0 Å². The highest BCUT2D eigenvalue weighted by molar-refractivity contribution is 5.96. The van der Waals surface area contributed by atoms with Crippen LogP contribution in [0, 0.1) is 0 Å². The molecule has 0 spiro atoms. The topological polar surface area (TPSA) is 84.6 Å². The van der Waals surface area contributed by atoms with Crippen LogP contribution >= 0.6 is 0 Å². The molecule has 1 saturated carbocycles. The van der Waals surface area contributed by atoms with Gasteiger partial charge in [-0.05, 0) is 38.7 Å². The summed E-state index contributed by atoms with van der Waals surface area (Å²) in [6.45, 7) is 1.86. The van der Waals surface area contributed by atoms with Crippen LogP contribution < -0.4 is 4.74 Å². The van der Waals surface area contributed by atoms with Gasteiger partial charge in [-0.1, -0.05) is 0 Å². The molecule has 0 amide bonds. The summed E-state index contributed by atoms with van der Waals surface area (Å²) in [6, 6.07) is 3.37. The summed E-state index contributed by atoms with van der Waals surface area (Å²) >= 11 is 0. The average Bonchev–Trinajstić information content (AvgIpc) is 2.87. The van der Waals surface area contributed by atoms with Crippen LogP contribution in [0.1, 0.15) is 49.0 Å². The Morgan fingerprint density at radius 2 is 2.27 bits per heavy atom. The molecule has 0 saturated heterocycles. The number of benzene rings is 1. The molecule has 3 rings (SSSR count). The number of rotatable bonds is 3. The Hall–Kier alpha value is -2.08. The van der Waals surface area contributed by atoms with E-state index in [0.717, 1.165) is 24.6 Å². The van der Waals surface area contributed by atoms with Crippen molar-refractivity contribution >= 4 is 16.9 Å². The molecule has 1 aliphatic carbocycles. The quantitative estimate of drug-likeness (QED) is 0.910. The van der Waals surface area contributed by atoms with Gasteiger partial charge in [0.25, 0.3) is 0 Å². The number of carboxylic acid groups (broad SMARTS) is 1. The first-order chi connectivity index (χ1) is 10.4. The maximum atomic E-state index is 11.3. The van der Waals surface area contributed by atoms with Crippen molar-refractivity contribution in [2.75, 3.05) is 7.11 Å². The third kappa shape index (κ3) is 2.66. The number of carboxylic acids is 1. The van der Waals surface area contributed by atoms with Gasteiger partial charge in [0.15, 0.2) is 0 Å². The highest BCUT2D eigenvalue weighted by atomic mass is 16.5. The number of nitrogens with zero attached hydrogens (tertiary/aromatic N) is 2. The molecule has 2 N–H and O–H groups in total. The molecule has 0 radical (unpaired) electrons. The number of fused-ring (bicyclic) bond motifs is 1. The van der Waals surface area contributed by atoms with Crippen LogP contribution in [-0.2, 0) is 0 Å². The molecule has 0 unspecified atom stereocenters. The minimum Gasteiger partial charge on any atom is -0.496 e. The number of aliphatic hydroxyl groups is 1. The molecule has 1 fully saturated rings. The van der Waals surface area contributed by atoms with Crippen molar-refractivity contribution in [1.29, 1.82) is 0 Å². The van der Waals surface area contributed by atoms with E-state index in [1.807, 2.05) is 17.8 Å². The first-order valence-corrected chi connectivity index (χ1v) is 7.42. The average molecular weight is 304 g/mol. The Morgan fingerprint density at radius 3 is 2.91 bits per heavy atom. The van der Waals surface area contributed by atoms with Gasteiger partial charge in [0.2, 0.25) is 0 Å². The third-order valence-electron chi connectivity index (χ3n) is 4.38. The second kappa shape index (κ2) is 5.28.